The minimum atomic E-state index is 0.262. The predicted octanol–water partition coefficient (Wildman–Crippen LogP) is 1.43. The number of carbonyl (C=O) groups is 1. The SMILES string of the molecule is O=C(CC1CCC1)NCC[C@@H]1CCCN1. The summed E-state index contributed by atoms with van der Waals surface area (Å²) in [7, 11) is 0. The van der Waals surface area contributed by atoms with Gasteiger partial charge in [-0.3, -0.25) is 4.79 Å². The fraction of sp³-hybridized carbons (Fsp3) is 0.917. The molecule has 86 valence electrons. The largest absolute Gasteiger partial charge is 0.356 e. The van der Waals surface area contributed by atoms with Gasteiger partial charge in [0, 0.05) is 19.0 Å². The van der Waals surface area contributed by atoms with Crippen molar-refractivity contribution in [3.63, 3.8) is 0 Å². The van der Waals surface area contributed by atoms with Crippen LogP contribution < -0.4 is 10.6 Å². The van der Waals surface area contributed by atoms with Gasteiger partial charge in [-0.1, -0.05) is 6.42 Å². The Balaban J connectivity index is 1.50. The van der Waals surface area contributed by atoms with Crippen molar-refractivity contribution < 1.29 is 4.79 Å². The fourth-order valence-electron chi connectivity index (χ4n) is 2.42. The van der Waals surface area contributed by atoms with E-state index in [1.807, 2.05) is 0 Å². The lowest BCUT2D eigenvalue weighted by Crippen LogP contribution is -2.32. The van der Waals surface area contributed by atoms with Crippen LogP contribution in [0.2, 0.25) is 0 Å². The second-order valence-corrected chi connectivity index (χ2v) is 4.93. The number of carbonyl (C=O) groups excluding carboxylic acids is 1. The van der Waals surface area contributed by atoms with Gasteiger partial charge < -0.3 is 10.6 Å². The molecular weight excluding hydrogens is 188 g/mol. The Morgan fingerprint density at radius 3 is 2.73 bits per heavy atom. The van der Waals surface area contributed by atoms with Gasteiger partial charge in [-0.2, -0.15) is 0 Å². The van der Waals surface area contributed by atoms with Crippen LogP contribution in [0.1, 0.15) is 44.9 Å². The van der Waals surface area contributed by atoms with E-state index in [9.17, 15) is 4.79 Å². The standard InChI is InChI=1S/C12H22N2O/c15-12(9-10-3-1-4-10)14-8-6-11-5-2-7-13-11/h10-11,13H,1-9H2,(H,14,15)/t11-/m0/s1. The van der Waals surface area contributed by atoms with Crippen molar-refractivity contribution in [3.8, 4) is 0 Å². The summed E-state index contributed by atoms with van der Waals surface area (Å²) in [5.74, 6) is 0.951. The molecular formula is C12H22N2O. The second kappa shape index (κ2) is 5.50. The lowest BCUT2D eigenvalue weighted by atomic mass is 9.83. The van der Waals surface area contributed by atoms with Crippen molar-refractivity contribution in [3.05, 3.63) is 0 Å². The molecule has 1 saturated carbocycles. The van der Waals surface area contributed by atoms with Crippen molar-refractivity contribution in [2.75, 3.05) is 13.1 Å². The number of amides is 1. The maximum Gasteiger partial charge on any atom is 0.220 e. The van der Waals surface area contributed by atoms with E-state index < -0.39 is 0 Å². The Labute approximate surface area is 92.0 Å². The first-order chi connectivity index (χ1) is 7.34. The molecule has 0 aromatic carbocycles. The third-order valence-electron chi connectivity index (χ3n) is 3.68. The molecule has 2 N–H and O–H groups in total. The molecule has 2 rings (SSSR count). The van der Waals surface area contributed by atoms with Gasteiger partial charge in [0.25, 0.3) is 0 Å². The molecule has 2 fully saturated rings. The lowest BCUT2D eigenvalue weighted by molar-refractivity contribution is -0.122. The van der Waals surface area contributed by atoms with Crippen LogP contribution in [0.3, 0.4) is 0 Å². The first-order valence-corrected chi connectivity index (χ1v) is 6.34. The number of hydrogen-bond donors (Lipinski definition) is 2. The van der Waals surface area contributed by atoms with Crippen molar-refractivity contribution >= 4 is 5.91 Å². The molecule has 0 aromatic heterocycles. The van der Waals surface area contributed by atoms with Crippen LogP contribution in [-0.4, -0.2) is 25.0 Å². The maximum atomic E-state index is 11.5. The summed E-state index contributed by atoms with van der Waals surface area (Å²) in [5.41, 5.74) is 0. The predicted molar refractivity (Wildman–Crippen MR) is 60.6 cm³/mol. The Bertz CT molecular complexity index is 208. The topological polar surface area (TPSA) is 41.1 Å². The summed E-state index contributed by atoms with van der Waals surface area (Å²) in [6.07, 6.45) is 8.27. The van der Waals surface area contributed by atoms with Gasteiger partial charge in [0.15, 0.2) is 0 Å². The quantitative estimate of drug-likeness (QED) is 0.721. The Morgan fingerprint density at radius 2 is 2.13 bits per heavy atom. The molecule has 1 saturated heterocycles. The van der Waals surface area contributed by atoms with E-state index in [0.717, 1.165) is 25.9 Å². The summed E-state index contributed by atoms with van der Waals surface area (Å²) in [4.78, 5) is 11.5. The zero-order valence-corrected chi connectivity index (χ0v) is 9.43. The van der Waals surface area contributed by atoms with Crippen LogP contribution in [0.25, 0.3) is 0 Å². The summed E-state index contributed by atoms with van der Waals surface area (Å²) in [6, 6.07) is 0.647. The molecule has 0 aromatic rings. The normalized spacial score (nSPS) is 26.3. The maximum absolute atomic E-state index is 11.5. The highest BCUT2D eigenvalue weighted by atomic mass is 16.1. The molecule has 0 bridgehead atoms. The number of nitrogens with one attached hydrogen (secondary N) is 2. The van der Waals surface area contributed by atoms with E-state index in [1.165, 1.54) is 32.1 Å². The van der Waals surface area contributed by atoms with Gasteiger partial charge in [0.05, 0.1) is 0 Å². The van der Waals surface area contributed by atoms with Gasteiger partial charge in [0.2, 0.25) is 5.91 Å². The van der Waals surface area contributed by atoms with Crippen molar-refractivity contribution in [2.45, 2.75) is 51.0 Å². The first-order valence-electron chi connectivity index (χ1n) is 6.34. The second-order valence-electron chi connectivity index (χ2n) is 4.93. The van der Waals surface area contributed by atoms with Crippen LogP contribution in [0.4, 0.5) is 0 Å². The highest BCUT2D eigenvalue weighted by molar-refractivity contribution is 5.76. The van der Waals surface area contributed by atoms with E-state index in [4.69, 9.17) is 0 Å². The van der Waals surface area contributed by atoms with Gasteiger partial charge in [-0.25, -0.2) is 0 Å². The van der Waals surface area contributed by atoms with E-state index in [0.29, 0.717) is 12.0 Å². The summed E-state index contributed by atoms with van der Waals surface area (Å²) in [5, 5.41) is 6.47. The number of hydrogen-bond acceptors (Lipinski definition) is 2. The summed E-state index contributed by atoms with van der Waals surface area (Å²) >= 11 is 0. The van der Waals surface area contributed by atoms with Crippen LogP contribution >= 0.6 is 0 Å². The molecule has 1 aliphatic heterocycles. The highest BCUT2D eigenvalue weighted by Crippen LogP contribution is 2.29. The molecule has 2 aliphatic rings. The Hall–Kier alpha value is -0.570. The molecule has 0 spiro atoms. The smallest absolute Gasteiger partial charge is 0.220 e. The Kier molecular flexibility index (Phi) is 4.01. The first kappa shape index (κ1) is 10.9. The van der Waals surface area contributed by atoms with Crippen LogP contribution in [0.15, 0.2) is 0 Å². The zero-order chi connectivity index (χ0) is 10.5. The molecule has 1 amide bonds. The van der Waals surface area contributed by atoms with Crippen LogP contribution in [0, 0.1) is 5.92 Å². The molecule has 3 nitrogen and oxygen atoms in total. The van der Waals surface area contributed by atoms with Gasteiger partial charge in [-0.05, 0) is 44.6 Å². The van der Waals surface area contributed by atoms with Crippen molar-refractivity contribution in [2.24, 2.45) is 5.92 Å². The van der Waals surface area contributed by atoms with E-state index in [1.54, 1.807) is 0 Å². The van der Waals surface area contributed by atoms with E-state index in [2.05, 4.69) is 10.6 Å². The van der Waals surface area contributed by atoms with Gasteiger partial charge in [0.1, 0.15) is 0 Å². The number of rotatable bonds is 5. The van der Waals surface area contributed by atoms with E-state index in [-0.39, 0.29) is 5.91 Å². The summed E-state index contributed by atoms with van der Waals surface area (Å²) < 4.78 is 0. The third kappa shape index (κ3) is 3.49. The average Bonchev–Trinajstić information content (AvgIpc) is 2.64. The van der Waals surface area contributed by atoms with Crippen LogP contribution in [0.5, 0.6) is 0 Å². The molecule has 1 atom stereocenters. The minimum absolute atomic E-state index is 0.262. The Morgan fingerprint density at radius 1 is 1.27 bits per heavy atom. The van der Waals surface area contributed by atoms with Crippen LogP contribution in [-0.2, 0) is 4.79 Å². The molecule has 1 heterocycles. The monoisotopic (exact) mass is 210 g/mol. The summed E-state index contributed by atoms with van der Waals surface area (Å²) in [6.45, 7) is 2.00. The highest BCUT2D eigenvalue weighted by Gasteiger charge is 2.20. The van der Waals surface area contributed by atoms with Crippen molar-refractivity contribution in [1.29, 1.82) is 0 Å². The van der Waals surface area contributed by atoms with E-state index >= 15 is 0 Å². The lowest BCUT2D eigenvalue weighted by Gasteiger charge is -2.24. The average molecular weight is 210 g/mol. The van der Waals surface area contributed by atoms with Crippen molar-refractivity contribution in [1.82, 2.24) is 10.6 Å². The molecule has 3 heteroatoms. The molecule has 15 heavy (non-hydrogen) atoms. The van der Waals surface area contributed by atoms with Gasteiger partial charge >= 0.3 is 0 Å². The van der Waals surface area contributed by atoms with Gasteiger partial charge in [-0.15, -0.1) is 0 Å². The minimum Gasteiger partial charge on any atom is -0.356 e. The fourth-order valence-corrected chi connectivity index (χ4v) is 2.42. The molecule has 0 unspecified atom stereocenters. The zero-order valence-electron chi connectivity index (χ0n) is 9.43. The third-order valence-corrected chi connectivity index (χ3v) is 3.68. The molecule has 0 radical (unpaired) electrons. The molecule has 1 aliphatic carbocycles.